The lowest BCUT2D eigenvalue weighted by Crippen LogP contribution is -2.43. The summed E-state index contributed by atoms with van der Waals surface area (Å²) in [5.74, 6) is -0.535. The van der Waals surface area contributed by atoms with Crippen molar-refractivity contribution < 1.29 is 24.2 Å². The summed E-state index contributed by atoms with van der Waals surface area (Å²) >= 11 is 2.73. The molecule has 1 atom stereocenters. The molecule has 0 spiro atoms. The molecule has 0 bridgehead atoms. The van der Waals surface area contributed by atoms with Gasteiger partial charge in [0.05, 0.1) is 21.4 Å². The average Bonchev–Trinajstić information content (AvgIpc) is 4.03. The van der Waals surface area contributed by atoms with E-state index in [1.807, 2.05) is 29.0 Å². The van der Waals surface area contributed by atoms with Crippen molar-refractivity contribution in [2.45, 2.75) is 108 Å². The minimum atomic E-state index is -2.19. The number of pyridine rings is 1. The Bertz CT molecular complexity index is 2380. The van der Waals surface area contributed by atoms with Gasteiger partial charge in [-0.05, 0) is 122 Å². The fraction of sp³-hybridized carbons (Fsp3) is 0.447. The predicted octanol–water partition coefficient (Wildman–Crippen LogP) is 9.32. The quantitative estimate of drug-likeness (QED) is 0.0406. The minimum Gasteiger partial charge on any atom is -0.506 e. The van der Waals surface area contributed by atoms with Crippen LogP contribution in [0, 0.1) is 0 Å². The van der Waals surface area contributed by atoms with E-state index in [-0.39, 0.29) is 28.6 Å². The SMILES string of the molecule is CN(CCCc1cn(CCNC[C@H](O[Si](C)(C)C(C)(C)C)c2ccc(O)c3[nH]c(=O)ccc23)c2ccccc12)C1CCC(OC(=O)C(O)(c2cccs2)c2cccs2)CC1. The van der Waals surface area contributed by atoms with E-state index in [1.165, 1.54) is 45.2 Å². The van der Waals surface area contributed by atoms with Gasteiger partial charge in [0.15, 0.2) is 8.32 Å². The number of nitrogens with zero attached hydrogens (tertiary/aromatic N) is 2. The summed E-state index contributed by atoms with van der Waals surface area (Å²) in [6, 6.07) is 23.2. The molecule has 13 heteroatoms. The summed E-state index contributed by atoms with van der Waals surface area (Å²) in [5, 5.41) is 31.8. The van der Waals surface area contributed by atoms with Crippen LogP contribution in [0.2, 0.25) is 18.1 Å². The number of hydrogen-bond donors (Lipinski definition) is 4. The van der Waals surface area contributed by atoms with Crippen molar-refractivity contribution >= 4 is 58.8 Å². The average molecular weight is 869 g/mol. The number of phenols is 1. The van der Waals surface area contributed by atoms with E-state index in [4.69, 9.17) is 9.16 Å². The number of nitrogens with one attached hydrogen (secondary N) is 2. The monoisotopic (exact) mass is 868 g/mol. The highest BCUT2D eigenvalue weighted by atomic mass is 32.1. The number of aromatic amines is 1. The number of aromatic hydroxyl groups is 1. The molecule has 320 valence electrons. The Balaban J connectivity index is 0.931. The lowest BCUT2D eigenvalue weighted by molar-refractivity contribution is -0.169. The number of thiophene rings is 2. The molecular formula is C47H60N4O6S2Si. The van der Waals surface area contributed by atoms with Crippen LogP contribution in [0.15, 0.2) is 94.5 Å². The highest BCUT2D eigenvalue weighted by Crippen LogP contribution is 2.42. The standard InChI is InChI=1S/C47H60N4O6S2Si/c1-46(2,3)60(5,6)57-40(36-21-23-39(52)44-37(36)22-24-43(53)49-44)30-48-25-27-51-31-32(35-13-7-8-14-38(35)51)12-9-26-50(4)33-17-19-34(20-18-33)56-45(54)47(55,41-15-10-28-58-41)42-16-11-29-59-42/h7-8,10-11,13-16,21-24,28-29,31,33-34,40,48,52,55H,9,12,17-20,25-27,30H2,1-6H3,(H,49,53)/t33?,34?,40-/m0/s1. The molecule has 7 rings (SSSR count). The van der Waals surface area contributed by atoms with E-state index in [1.54, 1.807) is 24.3 Å². The van der Waals surface area contributed by atoms with Gasteiger partial charge in [-0.1, -0.05) is 57.2 Å². The summed E-state index contributed by atoms with van der Waals surface area (Å²) in [5.41, 5.74) is 1.93. The highest BCUT2D eigenvalue weighted by Gasteiger charge is 2.45. The van der Waals surface area contributed by atoms with Gasteiger partial charge in [0.2, 0.25) is 11.2 Å². The molecule has 2 aromatic carbocycles. The van der Waals surface area contributed by atoms with E-state index < -0.39 is 19.9 Å². The molecular weight excluding hydrogens is 809 g/mol. The molecule has 60 heavy (non-hydrogen) atoms. The van der Waals surface area contributed by atoms with Crippen LogP contribution in [0.5, 0.6) is 5.75 Å². The van der Waals surface area contributed by atoms with Crippen LogP contribution in [0.4, 0.5) is 0 Å². The second kappa shape index (κ2) is 18.5. The number of ether oxygens (including phenoxy) is 1. The maximum Gasteiger partial charge on any atom is 0.349 e. The molecule has 0 saturated heterocycles. The third-order valence-corrected chi connectivity index (χ3v) is 19.2. The van der Waals surface area contributed by atoms with Crippen LogP contribution in [-0.4, -0.2) is 77.8 Å². The molecule has 6 aromatic rings. The van der Waals surface area contributed by atoms with Crippen LogP contribution in [-0.2, 0) is 32.5 Å². The van der Waals surface area contributed by atoms with E-state index in [0.29, 0.717) is 27.9 Å². The highest BCUT2D eigenvalue weighted by molar-refractivity contribution is 7.12. The van der Waals surface area contributed by atoms with E-state index >= 15 is 0 Å². The first kappa shape index (κ1) is 44.0. The summed E-state index contributed by atoms with van der Waals surface area (Å²) in [4.78, 5) is 32.1. The van der Waals surface area contributed by atoms with Crippen molar-refractivity contribution in [2.24, 2.45) is 0 Å². The Hall–Kier alpha value is -4.08. The molecule has 0 radical (unpaired) electrons. The van der Waals surface area contributed by atoms with Gasteiger partial charge < -0.3 is 39.1 Å². The number of esters is 1. The van der Waals surface area contributed by atoms with Crippen LogP contribution < -0.4 is 10.9 Å². The minimum absolute atomic E-state index is 0.00166. The molecule has 4 aromatic heterocycles. The number of H-pyrrole nitrogens is 1. The maximum absolute atomic E-state index is 13.5. The number of para-hydroxylation sites is 1. The fourth-order valence-corrected chi connectivity index (χ4v) is 11.2. The zero-order chi connectivity index (χ0) is 42.7. The predicted molar refractivity (Wildman–Crippen MR) is 247 cm³/mol. The number of fused-ring (bicyclic) bond motifs is 2. The first-order valence-corrected chi connectivity index (χ1v) is 25.8. The van der Waals surface area contributed by atoms with Gasteiger partial charge in [-0.3, -0.25) is 4.79 Å². The molecule has 1 aliphatic rings. The number of aromatic nitrogens is 2. The van der Waals surface area contributed by atoms with Crippen molar-refractivity contribution in [1.29, 1.82) is 0 Å². The van der Waals surface area contributed by atoms with Crippen molar-refractivity contribution in [2.75, 3.05) is 26.7 Å². The number of aliphatic hydroxyl groups is 1. The number of carbonyl (C=O) groups excluding carboxylic acids is 1. The van der Waals surface area contributed by atoms with E-state index in [2.05, 4.69) is 91.1 Å². The molecule has 0 amide bonds. The van der Waals surface area contributed by atoms with Gasteiger partial charge in [-0.2, -0.15) is 0 Å². The lowest BCUT2D eigenvalue weighted by atomic mass is 9.91. The summed E-state index contributed by atoms with van der Waals surface area (Å²) in [7, 11) is 0.0153. The first-order chi connectivity index (χ1) is 28.7. The smallest absolute Gasteiger partial charge is 0.349 e. The molecule has 0 aliphatic heterocycles. The van der Waals surface area contributed by atoms with Crippen molar-refractivity contribution in [3.05, 3.63) is 121 Å². The summed E-state index contributed by atoms with van der Waals surface area (Å²) < 4.78 is 15.4. The Morgan fingerprint density at radius 3 is 2.33 bits per heavy atom. The zero-order valence-electron chi connectivity index (χ0n) is 35.7. The van der Waals surface area contributed by atoms with E-state index in [9.17, 15) is 19.8 Å². The maximum atomic E-state index is 13.5. The topological polar surface area (TPSA) is 129 Å². The molecule has 0 unspecified atom stereocenters. The zero-order valence-corrected chi connectivity index (χ0v) is 38.3. The molecule has 10 nitrogen and oxygen atoms in total. The number of rotatable bonds is 17. The van der Waals surface area contributed by atoms with Gasteiger partial charge in [0.1, 0.15) is 11.9 Å². The first-order valence-electron chi connectivity index (χ1n) is 21.2. The summed E-state index contributed by atoms with van der Waals surface area (Å²) in [6.45, 7) is 14.3. The second-order valence-corrected chi connectivity index (χ2v) is 24.5. The number of benzene rings is 2. The number of phenolic OH excluding ortho intramolecular Hbond substituents is 1. The van der Waals surface area contributed by atoms with Crippen molar-refractivity contribution in [3.8, 4) is 5.75 Å². The third-order valence-electron chi connectivity index (χ3n) is 12.8. The van der Waals surface area contributed by atoms with Gasteiger partial charge in [0, 0.05) is 54.2 Å². The number of hydrogen-bond acceptors (Lipinski definition) is 10. The van der Waals surface area contributed by atoms with Crippen molar-refractivity contribution in [3.63, 3.8) is 0 Å². The Morgan fingerprint density at radius 1 is 0.967 bits per heavy atom. The molecule has 4 N–H and O–H groups in total. The van der Waals surface area contributed by atoms with Crippen LogP contribution >= 0.6 is 22.7 Å². The number of aryl methyl sites for hydroxylation is 1. The normalized spacial score (nSPS) is 17.1. The largest absolute Gasteiger partial charge is 0.506 e. The summed E-state index contributed by atoms with van der Waals surface area (Å²) in [6.07, 6.45) is 7.29. The van der Waals surface area contributed by atoms with Crippen LogP contribution in [0.25, 0.3) is 21.8 Å². The molecule has 1 aliphatic carbocycles. The lowest BCUT2D eigenvalue weighted by Gasteiger charge is -2.39. The van der Waals surface area contributed by atoms with Crippen LogP contribution in [0.3, 0.4) is 0 Å². The second-order valence-electron chi connectivity index (χ2n) is 17.8. The van der Waals surface area contributed by atoms with Gasteiger partial charge in [0.25, 0.3) is 0 Å². The van der Waals surface area contributed by atoms with Crippen LogP contribution in [0.1, 0.15) is 79.9 Å². The number of carbonyl (C=O) groups is 1. The Morgan fingerprint density at radius 2 is 1.67 bits per heavy atom. The fourth-order valence-electron chi connectivity index (χ4n) is 8.26. The van der Waals surface area contributed by atoms with Gasteiger partial charge in [-0.25, -0.2) is 4.79 Å². The molecule has 4 heterocycles. The van der Waals surface area contributed by atoms with Gasteiger partial charge >= 0.3 is 5.97 Å². The molecule has 1 fully saturated rings. The van der Waals surface area contributed by atoms with E-state index in [0.717, 1.165) is 69.1 Å². The Kier molecular flexibility index (Phi) is 13.6. The molecule has 1 saturated carbocycles. The van der Waals surface area contributed by atoms with Crippen molar-refractivity contribution in [1.82, 2.24) is 19.8 Å². The van der Waals surface area contributed by atoms with Gasteiger partial charge in [-0.15, -0.1) is 22.7 Å². The Labute approximate surface area is 362 Å². The third kappa shape index (κ3) is 9.52.